The highest BCUT2D eigenvalue weighted by atomic mass is 16.3. The van der Waals surface area contributed by atoms with Gasteiger partial charge in [0, 0.05) is 50.4 Å². The van der Waals surface area contributed by atoms with E-state index in [1.165, 1.54) is 49.0 Å². The largest absolute Gasteiger partial charge is 0.456 e. The zero-order chi connectivity index (χ0) is 34.9. The zero-order valence-corrected chi connectivity index (χ0v) is 28.8. The zero-order valence-electron chi connectivity index (χ0n) is 28.8. The standard InChI is InChI=1S/C50H32N2O/c1-2-13-35(14-3-1)52-47-20-10-8-18-42(47)43-28-26-37(31-48(43)52)51(38-27-29-45-44-19-9-11-21-49(44)53-50(45)32-38)36-24-22-33(23-25-36)46-30-34-12-4-5-15-39(34)40-16-6-7-17-41(40)46/h1-32H. The number of anilines is 3. The van der Waals surface area contributed by atoms with Gasteiger partial charge in [-0.3, -0.25) is 0 Å². The van der Waals surface area contributed by atoms with Crippen LogP contribution in [-0.4, -0.2) is 4.57 Å². The van der Waals surface area contributed by atoms with E-state index in [2.05, 4.69) is 191 Å². The lowest BCUT2D eigenvalue weighted by atomic mass is 9.93. The van der Waals surface area contributed by atoms with Crippen LogP contribution in [0.2, 0.25) is 0 Å². The molecule has 2 heterocycles. The monoisotopic (exact) mass is 676 g/mol. The van der Waals surface area contributed by atoms with E-state index in [1.54, 1.807) is 0 Å². The summed E-state index contributed by atoms with van der Waals surface area (Å²) in [4.78, 5) is 2.35. The molecule has 0 saturated carbocycles. The Balaban J connectivity index is 1.12. The highest BCUT2D eigenvalue weighted by Gasteiger charge is 2.19. The molecule has 53 heavy (non-hydrogen) atoms. The Bertz CT molecular complexity index is 3170. The number of hydrogen-bond acceptors (Lipinski definition) is 2. The predicted octanol–water partition coefficient (Wildman–Crippen LogP) is 14.1. The van der Waals surface area contributed by atoms with Crippen LogP contribution in [0.5, 0.6) is 0 Å². The van der Waals surface area contributed by atoms with Gasteiger partial charge >= 0.3 is 0 Å². The van der Waals surface area contributed by atoms with Gasteiger partial charge in [0.15, 0.2) is 0 Å². The van der Waals surface area contributed by atoms with Crippen molar-refractivity contribution in [2.24, 2.45) is 0 Å². The highest BCUT2D eigenvalue weighted by Crippen LogP contribution is 2.43. The third-order valence-electron chi connectivity index (χ3n) is 10.8. The second-order valence-corrected chi connectivity index (χ2v) is 13.7. The van der Waals surface area contributed by atoms with E-state index in [-0.39, 0.29) is 0 Å². The second-order valence-electron chi connectivity index (χ2n) is 13.7. The Kier molecular flexibility index (Phi) is 6.55. The van der Waals surface area contributed by atoms with Crippen LogP contribution in [0.15, 0.2) is 199 Å². The normalized spacial score (nSPS) is 11.8. The summed E-state index contributed by atoms with van der Waals surface area (Å²) in [6.45, 7) is 0. The first-order valence-corrected chi connectivity index (χ1v) is 18.1. The Morgan fingerprint density at radius 3 is 1.77 bits per heavy atom. The molecule has 11 rings (SSSR count). The van der Waals surface area contributed by atoms with Crippen molar-refractivity contribution in [1.82, 2.24) is 4.57 Å². The maximum Gasteiger partial charge on any atom is 0.137 e. The van der Waals surface area contributed by atoms with Gasteiger partial charge in [-0.25, -0.2) is 0 Å². The van der Waals surface area contributed by atoms with E-state index >= 15 is 0 Å². The summed E-state index contributed by atoms with van der Waals surface area (Å²) in [5, 5.41) is 9.74. The number of rotatable bonds is 5. The molecule has 2 aromatic heterocycles. The molecule has 0 aliphatic heterocycles. The summed E-state index contributed by atoms with van der Waals surface area (Å²) in [6.07, 6.45) is 0. The maximum absolute atomic E-state index is 6.42. The van der Waals surface area contributed by atoms with E-state index in [1.807, 2.05) is 12.1 Å². The molecule has 0 saturated heterocycles. The molecule has 0 amide bonds. The topological polar surface area (TPSA) is 21.3 Å². The van der Waals surface area contributed by atoms with Crippen LogP contribution in [0.3, 0.4) is 0 Å². The molecule has 3 nitrogen and oxygen atoms in total. The molecule has 0 atom stereocenters. The van der Waals surface area contributed by atoms with Crippen molar-refractivity contribution in [3.8, 4) is 16.8 Å². The molecule has 0 unspecified atom stereocenters. The van der Waals surface area contributed by atoms with E-state index in [0.29, 0.717) is 0 Å². The van der Waals surface area contributed by atoms with Crippen molar-refractivity contribution in [2.45, 2.75) is 0 Å². The van der Waals surface area contributed by atoms with E-state index in [9.17, 15) is 0 Å². The lowest BCUT2D eigenvalue weighted by Gasteiger charge is -2.26. The third-order valence-corrected chi connectivity index (χ3v) is 10.8. The molecular formula is C50H32N2O. The van der Waals surface area contributed by atoms with Crippen LogP contribution in [0.25, 0.3) is 82.1 Å². The van der Waals surface area contributed by atoms with Crippen molar-refractivity contribution < 1.29 is 4.42 Å². The molecule has 0 radical (unpaired) electrons. The van der Waals surface area contributed by atoms with Crippen LogP contribution < -0.4 is 4.90 Å². The molecule has 9 aromatic carbocycles. The van der Waals surface area contributed by atoms with Crippen LogP contribution in [0, 0.1) is 0 Å². The number of hydrogen-bond donors (Lipinski definition) is 0. The first-order chi connectivity index (χ1) is 26.3. The van der Waals surface area contributed by atoms with Gasteiger partial charge in [0.05, 0.1) is 11.0 Å². The van der Waals surface area contributed by atoms with Gasteiger partial charge in [-0.1, -0.05) is 121 Å². The minimum absolute atomic E-state index is 0.868. The fourth-order valence-electron chi connectivity index (χ4n) is 8.34. The van der Waals surface area contributed by atoms with Crippen molar-refractivity contribution >= 4 is 82.4 Å². The molecule has 0 aliphatic rings. The molecule has 0 fully saturated rings. The van der Waals surface area contributed by atoms with Crippen molar-refractivity contribution in [3.05, 3.63) is 194 Å². The summed E-state index contributed by atoms with van der Waals surface area (Å²) in [5.74, 6) is 0. The number of para-hydroxylation sites is 3. The molecule has 248 valence electrons. The average Bonchev–Trinajstić information content (AvgIpc) is 3.76. The summed E-state index contributed by atoms with van der Waals surface area (Å²) in [7, 11) is 0. The molecular weight excluding hydrogens is 645 g/mol. The van der Waals surface area contributed by atoms with Crippen molar-refractivity contribution in [3.63, 3.8) is 0 Å². The SMILES string of the molecule is c1ccc(-n2c3ccccc3c3ccc(N(c4ccc(-c5cc6ccccc6c6ccccc56)cc4)c4ccc5c(c4)oc4ccccc45)cc32)cc1. The molecule has 0 aliphatic carbocycles. The number of fused-ring (bicyclic) bond motifs is 9. The summed E-state index contributed by atoms with van der Waals surface area (Å²) in [6, 6.07) is 69.8. The smallest absolute Gasteiger partial charge is 0.137 e. The van der Waals surface area contributed by atoms with Gasteiger partial charge < -0.3 is 13.9 Å². The summed E-state index contributed by atoms with van der Waals surface area (Å²) in [5.41, 5.74) is 10.8. The van der Waals surface area contributed by atoms with E-state index < -0.39 is 0 Å². The first-order valence-electron chi connectivity index (χ1n) is 18.1. The second kappa shape index (κ2) is 11.7. The minimum atomic E-state index is 0.868. The Morgan fingerprint density at radius 1 is 0.358 bits per heavy atom. The highest BCUT2D eigenvalue weighted by molar-refractivity contribution is 6.14. The fourth-order valence-corrected chi connectivity index (χ4v) is 8.34. The van der Waals surface area contributed by atoms with Gasteiger partial charge in [0.1, 0.15) is 11.2 Å². The van der Waals surface area contributed by atoms with Gasteiger partial charge in [0.25, 0.3) is 0 Å². The van der Waals surface area contributed by atoms with Gasteiger partial charge in [-0.15, -0.1) is 0 Å². The van der Waals surface area contributed by atoms with Gasteiger partial charge in [-0.05, 0) is 99.4 Å². The van der Waals surface area contributed by atoms with Crippen molar-refractivity contribution in [1.29, 1.82) is 0 Å². The van der Waals surface area contributed by atoms with E-state index in [0.717, 1.165) is 50.2 Å². The van der Waals surface area contributed by atoms with Gasteiger partial charge in [0.2, 0.25) is 0 Å². The van der Waals surface area contributed by atoms with Crippen LogP contribution in [0.1, 0.15) is 0 Å². The Hall–Kier alpha value is -7.10. The summed E-state index contributed by atoms with van der Waals surface area (Å²) >= 11 is 0. The van der Waals surface area contributed by atoms with E-state index in [4.69, 9.17) is 4.42 Å². The molecule has 0 spiro atoms. The van der Waals surface area contributed by atoms with Crippen LogP contribution >= 0.6 is 0 Å². The molecule has 0 N–H and O–H groups in total. The minimum Gasteiger partial charge on any atom is -0.456 e. The number of benzene rings is 9. The average molecular weight is 677 g/mol. The first kappa shape index (κ1) is 29.6. The number of nitrogens with zero attached hydrogens (tertiary/aromatic N) is 2. The molecule has 3 heteroatoms. The lowest BCUT2D eigenvalue weighted by Crippen LogP contribution is -2.10. The summed E-state index contributed by atoms with van der Waals surface area (Å²) < 4.78 is 8.80. The number of furan rings is 1. The lowest BCUT2D eigenvalue weighted by molar-refractivity contribution is 0.669. The maximum atomic E-state index is 6.42. The Labute approximate surface area is 306 Å². The van der Waals surface area contributed by atoms with Crippen LogP contribution in [-0.2, 0) is 0 Å². The predicted molar refractivity (Wildman–Crippen MR) is 223 cm³/mol. The van der Waals surface area contributed by atoms with Crippen LogP contribution in [0.4, 0.5) is 17.1 Å². The molecule has 0 bridgehead atoms. The number of aromatic nitrogens is 1. The third kappa shape index (κ3) is 4.68. The Morgan fingerprint density at radius 2 is 0.943 bits per heavy atom. The molecule has 11 aromatic rings. The fraction of sp³-hybridized carbons (Fsp3) is 0. The van der Waals surface area contributed by atoms with Gasteiger partial charge in [-0.2, -0.15) is 0 Å². The quantitative estimate of drug-likeness (QED) is 0.169. The van der Waals surface area contributed by atoms with Crippen molar-refractivity contribution in [2.75, 3.05) is 4.90 Å².